The Balaban J connectivity index is 0.000000490. The van der Waals surface area contributed by atoms with Crippen molar-refractivity contribution in [2.24, 2.45) is 0 Å². The van der Waals surface area contributed by atoms with Gasteiger partial charge in [0, 0.05) is 13.1 Å². The highest BCUT2D eigenvalue weighted by Crippen LogP contribution is 2.06. The minimum atomic E-state index is -1.26. The molecule has 0 aromatic heterocycles. The van der Waals surface area contributed by atoms with E-state index in [9.17, 15) is 8.78 Å². The quantitative estimate of drug-likeness (QED) is 0.526. The van der Waals surface area contributed by atoms with E-state index in [1.54, 1.807) is 0 Å². The summed E-state index contributed by atoms with van der Waals surface area (Å²) in [6, 6.07) is 0. The maximum Gasteiger partial charge on any atom is 0.145 e. The van der Waals surface area contributed by atoms with Crippen LogP contribution < -0.4 is 5.32 Å². The van der Waals surface area contributed by atoms with Crippen LogP contribution in [0.5, 0.6) is 0 Å². The van der Waals surface area contributed by atoms with Gasteiger partial charge in [-0.25, -0.2) is 8.78 Å². The van der Waals surface area contributed by atoms with Crippen LogP contribution in [0.2, 0.25) is 0 Å². The summed E-state index contributed by atoms with van der Waals surface area (Å²) in [5.41, 5.74) is 0. The number of hydrogen-bond acceptors (Lipinski definition) is 1. The van der Waals surface area contributed by atoms with Gasteiger partial charge in [-0.15, -0.1) is 12.4 Å². The van der Waals surface area contributed by atoms with Crippen LogP contribution in [0.3, 0.4) is 0 Å². The standard InChI is InChI=1S/C4H7F2N.ClH/c5-3-1-7-2-4(3)6;/h3-4,7H,1-2H2;1H/t3-,4+;. The molecule has 1 heterocycles. The van der Waals surface area contributed by atoms with Crippen LogP contribution in [0.15, 0.2) is 0 Å². The van der Waals surface area contributed by atoms with Gasteiger partial charge in [0.2, 0.25) is 0 Å². The Morgan fingerprint density at radius 2 is 1.50 bits per heavy atom. The Bertz CT molecular complexity index is 63.1. The summed E-state index contributed by atoms with van der Waals surface area (Å²) >= 11 is 0. The van der Waals surface area contributed by atoms with E-state index in [0.29, 0.717) is 0 Å². The molecule has 0 unspecified atom stereocenters. The highest BCUT2D eigenvalue weighted by atomic mass is 35.5. The number of nitrogens with one attached hydrogen (secondary N) is 1. The Kier molecular flexibility index (Phi) is 3.24. The molecule has 1 fully saturated rings. The Labute approximate surface area is 52.9 Å². The fourth-order valence-corrected chi connectivity index (χ4v) is 0.615. The Morgan fingerprint density at radius 1 is 1.12 bits per heavy atom. The van der Waals surface area contributed by atoms with E-state index in [1.165, 1.54) is 0 Å². The molecule has 1 saturated heterocycles. The molecule has 0 aromatic rings. The van der Waals surface area contributed by atoms with Gasteiger partial charge in [-0.2, -0.15) is 0 Å². The third kappa shape index (κ3) is 1.56. The van der Waals surface area contributed by atoms with Gasteiger partial charge in [-0.3, -0.25) is 0 Å². The zero-order valence-corrected chi connectivity index (χ0v) is 5.05. The van der Waals surface area contributed by atoms with Crippen LogP contribution in [-0.4, -0.2) is 25.4 Å². The van der Waals surface area contributed by atoms with Crippen molar-refractivity contribution in [1.29, 1.82) is 0 Å². The van der Waals surface area contributed by atoms with Crippen molar-refractivity contribution < 1.29 is 8.78 Å². The van der Waals surface area contributed by atoms with Gasteiger partial charge < -0.3 is 5.32 Å². The molecule has 0 saturated carbocycles. The molecule has 1 aliphatic rings. The molecular formula is C4H8ClF2N. The lowest BCUT2D eigenvalue weighted by Gasteiger charge is -1.95. The first kappa shape index (κ1) is 8.11. The second kappa shape index (κ2) is 3.20. The van der Waals surface area contributed by atoms with Gasteiger partial charge in [0.05, 0.1) is 0 Å². The van der Waals surface area contributed by atoms with Gasteiger partial charge >= 0.3 is 0 Å². The molecule has 0 spiro atoms. The van der Waals surface area contributed by atoms with Crippen LogP contribution in [0, 0.1) is 0 Å². The molecule has 1 aliphatic heterocycles. The first-order valence-corrected chi connectivity index (χ1v) is 2.29. The van der Waals surface area contributed by atoms with Crippen molar-refractivity contribution in [1.82, 2.24) is 5.32 Å². The zero-order valence-electron chi connectivity index (χ0n) is 4.23. The third-order valence-electron chi connectivity index (χ3n) is 1.07. The van der Waals surface area contributed by atoms with Crippen molar-refractivity contribution in [3.8, 4) is 0 Å². The molecular weight excluding hydrogens is 136 g/mol. The maximum absolute atomic E-state index is 11.9. The van der Waals surface area contributed by atoms with Gasteiger partial charge in [0.15, 0.2) is 0 Å². The fraction of sp³-hybridized carbons (Fsp3) is 1.00. The van der Waals surface area contributed by atoms with Crippen molar-refractivity contribution in [2.75, 3.05) is 13.1 Å². The van der Waals surface area contributed by atoms with Crippen LogP contribution >= 0.6 is 12.4 Å². The zero-order chi connectivity index (χ0) is 5.28. The first-order chi connectivity index (χ1) is 3.30. The average Bonchev–Trinajstić information content (AvgIpc) is 1.91. The van der Waals surface area contributed by atoms with E-state index in [4.69, 9.17) is 0 Å². The molecule has 0 bridgehead atoms. The minimum absolute atomic E-state index is 0. The van der Waals surface area contributed by atoms with Crippen molar-refractivity contribution in [3.05, 3.63) is 0 Å². The molecule has 1 nitrogen and oxygen atoms in total. The summed E-state index contributed by atoms with van der Waals surface area (Å²) in [5, 5.41) is 2.57. The smallest absolute Gasteiger partial charge is 0.145 e. The number of halogens is 3. The molecule has 50 valence electrons. The fourth-order valence-electron chi connectivity index (χ4n) is 0.615. The van der Waals surface area contributed by atoms with Crippen LogP contribution in [0.25, 0.3) is 0 Å². The second-order valence-corrected chi connectivity index (χ2v) is 1.69. The van der Waals surface area contributed by atoms with E-state index < -0.39 is 12.3 Å². The molecule has 1 rings (SSSR count). The summed E-state index contributed by atoms with van der Waals surface area (Å²) < 4.78 is 23.8. The van der Waals surface area contributed by atoms with E-state index in [2.05, 4.69) is 5.32 Å². The van der Waals surface area contributed by atoms with Crippen LogP contribution in [-0.2, 0) is 0 Å². The van der Waals surface area contributed by atoms with Gasteiger partial charge in [0.25, 0.3) is 0 Å². The third-order valence-corrected chi connectivity index (χ3v) is 1.07. The maximum atomic E-state index is 11.9. The van der Waals surface area contributed by atoms with E-state index in [0.717, 1.165) is 0 Å². The lowest BCUT2D eigenvalue weighted by Crippen LogP contribution is -2.12. The van der Waals surface area contributed by atoms with Crippen LogP contribution in [0.1, 0.15) is 0 Å². The molecule has 8 heavy (non-hydrogen) atoms. The lowest BCUT2D eigenvalue weighted by molar-refractivity contribution is 0.217. The molecule has 0 aliphatic carbocycles. The van der Waals surface area contributed by atoms with Gasteiger partial charge in [-0.1, -0.05) is 0 Å². The second-order valence-electron chi connectivity index (χ2n) is 1.69. The monoisotopic (exact) mass is 143 g/mol. The summed E-state index contributed by atoms with van der Waals surface area (Å²) in [4.78, 5) is 0. The predicted molar refractivity (Wildman–Crippen MR) is 29.9 cm³/mol. The number of alkyl halides is 2. The molecule has 2 atom stereocenters. The average molecular weight is 144 g/mol. The highest BCUT2D eigenvalue weighted by Gasteiger charge is 2.25. The Morgan fingerprint density at radius 3 is 1.62 bits per heavy atom. The molecule has 1 N–H and O–H groups in total. The SMILES string of the molecule is Cl.F[C@@H]1CNC[C@@H]1F. The normalized spacial score (nSPS) is 36.8. The minimum Gasteiger partial charge on any atom is -0.311 e. The van der Waals surface area contributed by atoms with Crippen LogP contribution in [0.4, 0.5) is 8.78 Å². The molecule has 4 heteroatoms. The Hall–Kier alpha value is 0.110. The summed E-state index contributed by atoms with van der Waals surface area (Å²) in [6.45, 7) is 0.363. The van der Waals surface area contributed by atoms with E-state index in [-0.39, 0.29) is 25.5 Å². The van der Waals surface area contributed by atoms with Crippen molar-refractivity contribution >= 4 is 12.4 Å². The van der Waals surface area contributed by atoms with Gasteiger partial charge in [0.1, 0.15) is 12.3 Å². The molecule has 0 aromatic carbocycles. The first-order valence-electron chi connectivity index (χ1n) is 2.29. The summed E-state index contributed by atoms with van der Waals surface area (Å²) in [7, 11) is 0. The number of hydrogen-bond donors (Lipinski definition) is 1. The molecule has 0 radical (unpaired) electrons. The van der Waals surface area contributed by atoms with E-state index in [1.807, 2.05) is 0 Å². The largest absolute Gasteiger partial charge is 0.311 e. The highest BCUT2D eigenvalue weighted by molar-refractivity contribution is 5.85. The van der Waals surface area contributed by atoms with E-state index >= 15 is 0 Å². The topological polar surface area (TPSA) is 12.0 Å². The summed E-state index contributed by atoms with van der Waals surface area (Å²) in [5.74, 6) is 0. The predicted octanol–water partition coefficient (Wildman–Crippen LogP) is 0.688. The van der Waals surface area contributed by atoms with Crippen molar-refractivity contribution in [3.63, 3.8) is 0 Å². The van der Waals surface area contributed by atoms with Crippen molar-refractivity contribution in [2.45, 2.75) is 12.3 Å². The lowest BCUT2D eigenvalue weighted by atomic mass is 10.3. The molecule has 0 amide bonds. The number of rotatable bonds is 0. The van der Waals surface area contributed by atoms with Gasteiger partial charge in [-0.05, 0) is 0 Å². The summed E-state index contributed by atoms with van der Waals surface area (Å²) in [6.07, 6.45) is -2.53.